The summed E-state index contributed by atoms with van der Waals surface area (Å²) in [4.78, 5) is 10.9. The molecule has 0 amide bonds. The Morgan fingerprint density at radius 3 is 2.39 bits per heavy atom. The molecule has 2 unspecified atom stereocenters. The van der Waals surface area contributed by atoms with Crippen molar-refractivity contribution in [2.24, 2.45) is 0 Å². The zero-order chi connectivity index (χ0) is 14.1. The van der Waals surface area contributed by atoms with Gasteiger partial charge < -0.3 is 5.11 Å². The fourth-order valence-corrected chi connectivity index (χ4v) is 3.51. The number of halogens is 3. The lowest BCUT2D eigenvalue weighted by Crippen LogP contribution is -2.53. The Morgan fingerprint density at radius 1 is 1.39 bits per heavy atom. The maximum Gasteiger partial charge on any atom is 0.406 e. The molecule has 1 rings (SSSR count). The minimum Gasteiger partial charge on any atom is -0.480 e. The molecule has 0 aromatic carbocycles. The maximum atomic E-state index is 12.5. The van der Waals surface area contributed by atoms with Gasteiger partial charge in [0, 0.05) is 6.54 Å². The van der Waals surface area contributed by atoms with Crippen LogP contribution >= 0.6 is 0 Å². The monoisotopic (exact) mass is 289 g/mol. The summed E-state index contributed by atoms with van der Waals surface area (Å²) in [5.41, 5.74) is 0. The SMILES string of the molecule is CC(C(F)(F)F)S(=O)(=O)N1CCCCC1C(=O)O. The predicted molar refractivity (Wildman–Crippen MR) is 56.4 cm³/mol. The zero-order valence-electron chi connectivity index (χ0n) is 9.64. The third-order valence-electron chi connectivity index (χ3n) is 2.97. The van der Waals surface area contributed by atoms with Crippen molar-refractivity contribution in [1.82, 2.24) is 4.31 Å². The summed E-state index contributed by atoms with van der Waals surface area (Å²) in [6.45, 7) is 0.350. The van der Waals surface area contributed by atoms with Gasteiger partial charge in [-0.3, -0.25) is 4.79 Å². The van der Waals surface area contributed by atoms with Gasteiger partial charge in [-0.2, -0.15) is 17.5 Å². The molecule has 0 radical (unpaired) electrons. The second-order valence-corrected chi connectivity index (χ2v) is 6.40. The van der Waals surface area contributed by atoms with Crippen LogP contribution in [0.25, 0.3) is 0 Å². The molecule has 0 bridgehead atoms. The third kappa shape index (κ3) is 2.94. The molecule has 0 aromatic heterocycles. The normalized spacial score (nSPS) is 24.8. The Bertz CT molecular complexity index is 420. The Labute approximate surface area is 103 Å². The number of alkyl halides is 3. The molecule has 1 aliphatic heterocycles. The van der Waals surface area contributed by atoms with Gasteiger partial charge in [0.25, 0.3) is 0 Å². The van der Waals surface area contributed by atoms with E-state index in [9.17, 15) is 26.4 Å². The van der Waals surface area contributed by atoms with Crippen LogP contribution in [-0.4, -0.2) is 47.8 Å². The highest BCUT2D eigenvalue weighted by Gasteiger charge is 2.50. The van der Waals surface area contributed by atoms with Crippen LogP contribution in [0.4, 0.5) is 13.2 Å². The van der Waals surface area contributed by atoms with Gasteiger partial charge >= 0.3 is 12.1 Å². The van der Waals surface area contributed by atoms with Gasteiger partial charge in [0.05, 0.1) is 0 Å². The Hall–Kier alpha value is -0.830. The highest BCUT2D eigenvalue weighted by molar-refractivity contribution is 7.89. The van der Waals surface area contributed by atoms with Crippen molar-refractivity contribution in [3.8, 4) is 0 Å². The number of aliphatic carboxylic acids is 1. The fraction of sp³-hybridized carbons (Fsp3) is 0.889. The van der Waals surface area contributed by atoms with E-state index in [4.69, 9.17) is 5.11 Å². The van der Waals surface area contributed by atoms with Crippen LogP contribution < -0.4 is 0 Å². The Morgan fingerprint density at radius 2 is 1.94 bits per heavy atom. The van der Waals surface area contributed by atoms with E-state index >= 15 is 0 Å². The lowest BCUT2D eigenvalue weighted by molar-refractivity contribution is -0.143. The first-order valence-electron chi connectivity index (χ1n) is 5.38. The van der Waals surface area contributed by atoms with Crippen LogP contribution in [0.2, 0.25) is 0 Å². The molecule has 0 saturated carbocycles. The first-order valence-corrected chi connectivity index (χ1v) is 6.89. The van der Waals surface area contributed by atoms with Crippen molar-refractivity contribution >= 4 is 16.0 Å². The van der Waals surface area contributed by atoms with E-state index in [1.54, 1.807) is 0 Å². The molecule has 1 fully saturated rings. The van der Waals surface area contributed by atoms with E-state index in [-0.39, 0.29) is 13.0 Å². The molecular formula is C9H14F3NO4S. The van der Waals surface area contributed by atoms with Gasteiger partial charge in [-0.15, -0.1) is 0 Å². The number of rotatable bonds is 3. The lowest BCUT2D eigenvalue weighted by atomic mass is 10.1. The van der Waals surface area contributed by atoms with Gasteiger partial charge in [0.2, 0.25) is 10.0 Å². The molecular weight excluding hydrogens is 275 g/mol. The first-order chi connectivity index (χ1) is 8.08. The second-order valence-electron chi connectivity index (χ2n) is 4.19. The highest BCUT2D eigenvalue weighted by Crippen LogP contribution is 2.31. The molecule has 1 aliphatic rings. The molecule has 9 heteroatoms. The van der Waals surface area contributed by atoms with Crippen LogP contribution in [-0.2, 0) is 14.8 Å². The number of sulfonamides is 1. The summed E-state index contributed by atoms with van der Waals surface area (Å²) in [5, 5.41) is 6.28. The van der Waals surface area contributed by atoms with Gasteiger partial charge in [0.1, 0.15) is 6.04 Å². The molecule has 0 aromatic rings. The van der Waals surface area contributed by atoms with E-state index in [1.165, 1.54) is 0 Å². The number of nitrogens with zero attached hydrogens (tertiary/aromatic N) is 1. The largest absolute Gasteiger partial charge is 0.480 e. The van der Waals surface area contributed by atoms with Gasteiger partial charge in [0.15, 0.2) is 5.25 Å². The third-order valence-corrected chi connectivity index (χ3v) is 5.22. The average Bonchev–Trinajstić information content (AvgIpc) is 2.26. The first kappa shape index (κ1) is 15.2. The van der Waals surface area contributed by atoms with Crippen molar-refractivity contribution in [2.75, 3.05) is 6.54 Å². The molecule has 5 nitrogen and oxygen atoms in total. The van der Waals surface area contributed by atoms with Crippen molar-refractivity contribution in [3.05, 3.63) is 0 Å². The summed E-state index contributed by atoms with van der Waals surface area (Å²) in [6, 6.07) is -1.39. The topological polar surface area (TPSA) is 74.7 Å². The van der Waals surface area contributed by atoms with E-state index in [2.05, 4.69) is 0 Å². The Balaban J connectivity index is 3.06. The molecule has 2 atom stereocenters. The van der Waals surface area contributed by atoms with E-state index in [0.717, 1.165) is 0 Å². The summed E-state index contributed by atoms with van der Waals surface area (Å²) >= 11 is 0. The van der Waals surface area contributed by atoms with Crippen molar-refractivity contribution < 1.29 is 31.5 Å². The van der Waals surface area contributed by atoms with Gasteiger partial charge in [-0.25, -0.2) is 8.42 Å². The lowest BCUT2D eigenvalue weighted by Gasteiger charge is -2.34. The molecule has 0 aliphatic carbocycles. The van der Waals surface area contributed by atoms with Gasteiger partial charge in [-0.05, 0) is 26.2 Å². The molecule has 18 heavy (non-hydrogen) atoms. The van der Waals surface area contributed by atoms with Crippen molar-refractivity contribution in [3.63, 3.8) is 0 Å². The second kappa shape index (κ2) is 5.04. The molecule has 1 N–H and O–H groups in total. The molecule has 0 spiro atoms. The van der Waals surface area contributed by atoms with Crippen LogP contribution in [0, 0.1) is 0 Å². The van der Waals surface area contributed by atoms with Crippen LogP contribution in [0.3, 0.4) is 0 Å². The number of hydrogen-bond acceptors (Lipinski definition) is 3. The van der Waals surface area contributed by atoms with Gasteiger partial charge in [-0.1, -0.05) is 0 Å². The van der Waals surface area contributed by atoms with Crippen LogP contribution in [0.15, 0.2) is 0 Å². The standard InChI is InChI=1S/C9H14F3NO4S/c1-6(9(10,11)12)18(16,17)13-5-3-2-4-7(13)8(14)15/h6-7H,2-5H2,1H3,(H,14,15). The Kier molecular flexibility index (Phi) is 4.26. The van der Waals surface area contributed by atoms with Crippen LogP contribution in [0.1, 0.15) is 26.2 Å². The molecule has 1 heterocycles. The van der Waals surface area contributed by atoms with E-state index < -0.39 is 33.5 Å². The smallest absolute Gasteiger partial charge is 0.406 e. The molecule has 106 valence electrons. The summed E-state index contributed by atoms with van der Waals surface area (Å²) in [7, 11) is -4.69. The number of carboxylic acid groups (broad SMARTS) is 1. The van der Waals surface area contributed by atoms with E-state index in [1.807, 2.05) is 0 Å². The number of carbonyl (C=O) groups is 1. The zero-order valence-corrected chi connectivity index (χ0v) is 10.5. The predicted octanol–water partition coefficient (Wildman–Crippen LogP) is 1.21. The molecule has 1 saturated heterocycles. The highest BCUT2D eigenvalue weighted by atomic mass is 32.2. The number of carboxylic acids is 1. The summed E-state index contributed by atoms with van der Waals surface area (Å²) in [6.07, 6.45) is -4.00. The van der Waals surface area contributed by atoms with Crippen molar-refractivity contribution in [1.29, 1.82) is 0 Å². The van der Waals surface area contributed by atoms with E-state index in [0.29, 0.717) is 24.1 Å². The summed E-state index contributed by atoms with van der Waals surface area (Å²) < 4.78 is 61.5. The minimum atomic E-state index is -4.90. The minimum absolute atomic E-state index is 0.0408. The average molecular weight is 289 g/mol. The number of piperidine rings is 1. The fourth-order valence-electron chi connectivity index (χ4n) is 1.83. The summed E-state index contributed by atoms with van der Waals surface area (Å²) in [5.74, 6) is -1.41. The number of hydrogen-bond donors (Lipinski definition) is 1. The quantitative estimate of drug-likeness (QED) is 0.847. The van der Waals surface area contributed by atoms with Crippen LogP contribution in [0.5, 0.6) is 0 Å². The maximum absolute atomic E-state index is 12.5. The van der Waals surface area contributed by atoms with Crippen molar-refractivity contribution in [2.45, 2.75) is 43.7 Å².